The van der Waals surface area contributed by atoms with Crippen molar-refractivity contribution in [2.45, 2.75) is 18.6 Å². The van der Waals surface area contributed by atoms with E-state index in [1.54, 1.807) is 24.3 Å². The van der Waals surface area contributed by atoms with E-state index in [2.05, 4.69) is 0 Å². The topological polar surface area (TPSA) is 77.8 Å². The van der Waals surface area contributed by atoms with Crippen LogP contribution >= 0.6 is 11.6 Å². The minimum Gasteiger partial charge on any atom is -0.390 e. The Labute approximate surface area is 126 Å². The lowest BCUT2D eigenvalue weighted by Crippen LogP contribution is -2.43. The maximum absolute atomic E-state index is 12.6. The number of hydrogen-bond acceptors (Lipinski definition) is 4. The number of nitrogens with zero attached hydrogens (tertiary/aromatic N) is 1. The molecule has 3 fully saturated rings. The van der Waals surface area contributed by atoms with E-state index in [4.69, 9.17) is 11.6 Å². The van der Waals surface area contributed by atoms with E-state index in [9.17, 15) is 19.8 Å². The molecule has 6 atom stereocenters. The molecular weight excluding hydrogens is 294 g/mol. The van der Waals surface area contributed by atoms with Gasteiger partial charge in [0.25, 0.3) is 0 Å². The number of amides is 2. The Bertz CT molecular complexity index is 616. The van der Waals surface area contributed by atoms with E-state index >= 15 is 0 Å². The highest BCUT2D eigenvalue weighted by molar-refractivity contribution is 6.31. The predicted molar refractivity (Wildman–Crippen MR) is 74.5 cm³/mol. The molecule has 0 spiro atoms. The van der Waals surface area contributed by atoms with Gasteiger partial charge in [-0.15, -0.1) is 0 Å². The lowest BCUT2D eigenvalue weighted by Gasteiger charge is -2.29. The van der Waals surface area contributed by atoms with Crippen molar-refractivity contribution in [1.29, 1.82) is 0 Å². The van der Waals surface area contributed by atoms with Crippen LogP contribution < -0.4 is 4.90 Å². The summed E-state index contributed by atoms with van der Waals surface area (Å²) in [6.07, 6.45) is -1.28. The molecule has 0 aromatic heterocycles. The number of fused-ring (bicyclic) bond motifs is 5. The monoisotopic (exact) mass is 307 g/mol. The fourth-order valence-electron chi connectivity index (χ4n) is 4.30. The maximum Gasteiger partial charge on any atom is 0.238 e. The Hall–Kier alpha value is -1.43. The summed E-state index contributed by atoms with van der Waals surface area (Å²) in [7, 11) is 0. The molecule has 0 radical (unpaired) electrons. The van der Waals surface area contributed by atoms with Crippen molar-refractivity contribution in [2.24, 2.45) is 23.7 Å². The molecule has 4 rings (SSSR count). The maximum atomic E-state index is 12.6. The van der Waals surface area contributed by atoms with E-state index in [0.29, 0.717) is 17.1 Å². The highest BCUT2D eigenvalue weighted by Gasteiger charge is 2.67. The smallest absolute Gasteiger partial charge is 0.238 e. The summed E-state index contributed by atoms with van der Waals surface area (Å²) >= 11 is 5.93. The second kappa shape index (κ2) is 4.29. The van der Waals surface area contributed by atoms with Crippen molar-refractivity contribution in [3.8, 4) is 0 Å². The Kier molecular flexibility index (Phi) is 2.70. The minimum atomic E-state index is -0.910. The van der Waals surface area contributed by atoms with E-state index in [0.717, 1.165) is 4.90 Å². The number of carbonyl (C=O) groups excluding carboxylic acids is 2. The van der Waals surface area contributed by atoms with Gasteiger partial charge in [-0.25, -0.2) is 4.90 Å². The van der Waals surface area contributed by atoms with Crippen LogP contribution in [0.5, 0.6) is 0 Å². The van der Waals surface area contributed by atoms with Crippen LogP contribution in [0.3, 0.4) is 0 Å². The van der Waals surface area contributed by atoms with Gasteiger partial charge in [-0.1, -0.05) is 17.7 Å². The number of anilines is 1. The number of benzene rings is 1. The summed E-state index contributed by atoms with van der Waals surface area (Å²) in [6.45, 7) is 0. The largest absolute Gasteiger partial charge is 0.390 e. The van der Waals surface area contributed by atoms with Gasteiger partial charge in [0.1, 0.15) is 0 Å². The van der Waals surface area contributed by atoms with Gasteiger partial charge in [0, 0.05) is 16.9 Å². The number of imide groups is 1. The van der Waals surface area contributed by atoms with Crippen LogP contribution in [0.2, 0.25) is 5.02 Å². The summed E-state index contributed by atoms with van der Waals surface area (Å²) in [5.74, 6) is -2.25. The van der Waals surface area contributed by atoms with Gasteiger partial charge in [0.05, 0.1) is 29.7 Å². The van der Waals surface area contributed by atoms with Gasteiger partial charge in [-0.05, 0) is 24.6 Å². The Morgan fingerprint density at radius 1 is 1.05 bits per heavy atom. The lowest BCUT2D eigenvalue weighted by molar-refractivity contribution is -0.129. The number of aliphatic hydroxyl groups excluding tert-OH is 2. The quantitative estimate of drug-likeness (QED) is 0.753. The molecule has 21 heavy (non-hydrogen) atoms. The van der Waals surface area contributed by atoms with Gasteiger partial charge in [0.2, 0.25) is 11.8 Å². The second-order valence-corrected chi connectivity index (χ2v) is 6.52. The zero-order chi connectivity index (χ0) is 14.9. The SMILES string of the molecule is O=C1[C@@H]2[C@H]3C[C@H]([C@@H](O)[C@@H]3O)[C@@H]2C(=O)N1c1cccc(Cl)c1. The molecule has 1 aromatic rings. The van der Waals surface area contributed by atoms with Gasteiger partial charge >= 0.3 is 0 Å². The van der Waals surface area contributed by atoms with Crippen molar-refractivity contribution in [3.05, 3.63) is 29.3 Å². The third kappa shape index (κ3) is 1.59. The third-order valence-electron chi connectivity index (χ3n) is 5.16. The molecule has 1 aromatic carbocycles. The molecule has 5 nitrogen and oxygen atoms in total. The fourth-order valence-corrected chi connectivity index (χ4v) is 4.48. The highest BCUT2D eigenvalue weighted by Crippen LogP contribution is 2.56. The van der Waals surface area contributed by atoms with Gasteiger partial charge in [-0.2, -0.15) is 0 Å². The zero-order valence-corrected chi connectivity index (χ0v) is 11.8. The molecule has 110 valence electrons. The average molecular weight is 308 g/mol. The average Bonchev–Trinajstić information content (AvgIpc) is 3.04. The summed E-state index contributed by atoms with van der Waals surface area (Å²) in [5, 5.41) is 20.4. The number of rotatable bonds is 1. The number of carbonyl (C=O) groups is 2. The Balaban J connectivity index is 1.75. The molecule has 2 saturated carbocycles. The fraction of sp³-hybridized carbons (Fsp3) is 0.467. The molecule has 2 amide bonds. The van der Waals surface area contributed by atoms with Gasteiger partial charge in [-0.3, -0.25) is 9.59 Å². The predicted octanol–water partition coefficient (Wildman–Crippen LogP) is 0.817. The zero-order valence-electron chi connectivity index (χ0n) is 11.0. The summed E-state index contributed by atoms with van der Waals surface area (Å²) in [4.78, 5) is 26.4. The van der Waals surface area contributed by atoms with Crippen molar-refractivity contribution >= 4 is 29.1 Å². The van der Waals surface area contributed by atoms with Crippen molar-refractivity contribution in [3.63, 3.8) is 0 Å². The molecule has 1 aliphatic heterocycles. The first-order valence-corrected chi connectivity index (χ1v) is 7.38. The van der Waals surface area contributed by atoms with E-state index in [1.807, 2.05) is 0 Å². The van der Waals surface area contributed by atoms with Crippen LogP contribution in [0.15, 0.2) is 24.3 Å². The van der Waals surface area contributed by atoms with Crippen LogP contribution in [0.4, 0.5) is 5.69 Å². The minimum absolute atomic E-state index is 0.286. The van der Waals surface area contributed by atoms with Gasteiger partial charge < -0.3 is 10.2 Å². The lowest BCUT2D eigenvalue weighted by atomic mass is 9.78. The molecule has 3 aliphatic rings. The van der Waals surface area contributed by atoms with Crippen LogP contribution in [0, 0.1) is 23.7 Å². The van der Waals surface area contributed by atoms with Crippen molar-refractivity contribution in [1.82, 2.24) is 0 Å². The summed E-state index contributed by atoms with van der Waals surface area (Å²) < 4.78 is 0. The molecule has 6 heteroatoms. The van der Waals surface area contributed by atoms with Gasteiger partial charge in [0.15, 0.2) is 0 Å². The molecule has 0 unspecified atom stereocenters. The molecular formula is C15H14ClNO4. The first-order valence-electron chi connectivity index (χ1n) is 7.00. The number of halogens is 1. The van der Waals surface area contributed by atoms with E-state index < -0.39 is 24.0 Å². The van der Waals surface area contributed by atoms with E-state index in [1.165, 1.54) is 0 Å². The van der Waals surface area contributed by atoms with Crippen molar-refractivity contribution < 1.29 is 19.8 Å². The van der Waals surface area contributed by atoms with Crippen LogP contribution in [0.1, 0.15) is 6.42 Å². The standard InChI is InChI=1S/C15H14ClNO4/c16-6-2-1-3-7(4-6)17-14(20)10-8-5-9(11(10)15(17)21)13(19)12(8)18/h1-4,8-13,18-19H,5H2/t8-,9+,10-,11+,12-,13-/m1/s1. The Morgan fingerprint density at radius 2 is 1.62 bits per heavy atom. The second-order valence-electron chi connectivity index (χ2n) is 6.09. The molecule has 2 N–H and O–H groups in total. The molecule has 1 saturated heterocycles. The van der Waals surface area contributed by atoms with Crippen LogP contribution in [0.25, 0.3) is 0 Å². The summed E-state index contributed by atoms with van der Waals surface area (Å²) in [6, 6.07) is 6.60. The first-order chi connectivity index (χ1) is 10.0. The molecule has 2 aliphatic carbocycles. The van der Waals surface area contributed by atoms with E-state index in [-0.39, 0.29) is 23.7 Å². The van der Waals surface area contributed by atoms with Crippen molar-refractivity contribution in [2.75, 3.05) is 4.90 Å². The first kappa shape index (κ1) is 13.2. The number of aliphatic hydroxyl groups is 2. The van der Waals surface area contributed by atoms with Crippen LogP contribution in [-0.2, 0) is 9.59 Å². The number of hydrogen-bond donors (Lipinski definition) is 2. The summed E-state index contributed by atoms with van der Waals surface area (Å²) in [5.41, 5.74) is 0.454. The Morgan fingerprint density at radius 3 is 2.14 bits per heavy atom. The highest BCUT2D eigenvalue weighted by atomic mass is 35.5. The third-order valence-corrected chi connectivity index (χ3v) is 5.39. The molecule has 2 bridgehead atoms. The normalized spacial score (nSPS) is 41.0. The van der Waals surface area contributed by atoms with Crippen LogP contribution in [-0.4, -0.2) is 34.2 Å². The molecule has 1 heterocycles.